The number of halogens is 1. The van der Waals surface area contributed by atoms with Crippen molar-refractivity contribution >= 4 is 39.7 Å². The molecule has 3 N–H and O–H groups in total. The van der Waals surface area contributed by atoms with Crippen molar-refractivity contribution in [2.24, 2.45) is 0 Å². The van der Waals surface area contributed by atoms with Gasteiger partial charge in [-0.3, -0.25) is 4.79 Å². The van der Waals surface area contributed by atoms with Gasteiger partial charge in [0.05, 0.1) is 0 Å². The fourth-order valence-corrected chi connectivity index (χ4v) is 2.35. The fourth-order valence-electron chi connectivity index (χ4n) is 1.36. The van der Waals surface area contributed by atoms with Crippen LogP contribution in [0.3, 0.4) is 0 Å². The van der Waals surface area contributed by atoms with Gasteiger partial charge < -0.3 is 11.1 Å². The Morgan fingerprint density at radius 3 is 2.88 bits per heavy atom. The Labute approximate surface area is 107 Å². The van der Waals surface area contributed by atoms with Gasteiger partial charge in [-0.15, -0.1) is 0 Å². The minimum absolute atomic E-state index is 0.163. The maximum absolute atomic E-state index is 12.2. The number of ketones is 1. The Kier molecular flexibility index (Phi) is 3.31. The van der Waals surface area contributed by atoms with Crippen LogP contribution in [-0.2, 0) is 0 Å². The van der Waals surface area contributed by atoms with Crippen LogP contribution < -0.4 is 11.1 Å². The molecule has 2 aromatic rings. The van der Waals surface area contributed by atoms with Crippen molar-refractivity contribution in [3.63, 3.8) is 0 Å². The molecule has 0 bridgehead atoms. The van der Waals surface area contributed by atoms with Gasteiger partial charge in [-0.1, -0.05) is 35.1 Å². The number of rotatable bonds is 3. The van der Waals surface area contributed by atoms with E-state index in [4.69, 9.17) is 17.3 Å². The first-order valence-corrected chi connectivity index (χ1v) is 6.05. The maximum Gasteiger partial charge on any atom is 0.206 e. The molecule has 0 atom stereocenters. The molecule has 2 rings (SSSR count). The molecule has 0 saturated heterocycles. The summed E-state index contributed by atoms with van der Waals surface area (Å²) < 4.78 is 0. The molecular formula is C11H10ClN3OS. The second kappa shape index (κ2) is 4.73. The van der Waals surface area contributed by atoms with Gasteiger partial charge in [-0.05, 0) is 12.1 Å². The Balaban J connectivity index is 2.40. The summed E-state index contributed by atoms with van der Waals surface area (Å²) >= 11 is 7.07. The van der Waals surface area contributed by atoms with Crippen LogP contribution in [0, 0.1) is 0 Å². The van der Waals surface area contributed by atoms with Crippen molar-refractivity contribution in [2.45, 2.75) is 0 Å². The lowest BCUT2D eigenvalue weighted by Gasteiger charge is -1.99. The summed E-state index contributed by atoms with van der Waals surface area (Å²) in [6.07, 6.45) is 0. The fraction of sp³-hybridized carbons (Fsp3) is 0.0909. The zero-order valence-corrected chi connectivity index (χ0v) is 10.6. The third-order valence-electron chi connectivity index (χ3n) is 2.16. The SMILES string of the molecule is CNc1nc(N)c(C(=O)c2cccc(Cl)c2)s1. The number of thiazole rings is 1. The zero-order valence-electron chi connectivity index (χ0n) is 9.03. The van der Waals surface area contributed by atoms with Crippen molar-refractivity contribution in [1.29, 1.82) is 0 Å². The Hall–Kier alpha value is -1.59. The molecule has 1 aromatic heterocycles. The first-order valence-electron chi connectivity index (χ1n) is 4.86. The highest BCUT2D eigenvalue weighted by atomic mass is 35.5. The summed E-state index contributed by atoms with van der Waals surface area (Å²) in [5, 5.41) is 3.99. The summed E-state index contributed by atoms with van der Waals surface area (Å²) in [6.45, 7) is 0. The van der Waals surface area contributed by atoms with Gasteiger partial charge >= 0.3 is 0 Å². The first kappa shape index (κ1) is 11.9. The van der Waals surface area contributed by atoms with Gasteiger partial charge in [-0.2, -0.15) is 0 Å². The van der Waals surface area contributed by atoms with E-state index in [0.717, 1.165) is 0 Å². The van der Waals surface area contributed by atoms with Gasteiger partial charge in [0.25, 0.3) is 0 Å². The van der Waals surface area contributed by atoms with Gasteiger partial charge in [-0.25, -0.2) is 4.98 Å². The molecule has 0 aliphatic heterocycles. The molecule has 0 radical (unpaired) electrons. The molecular weight excluding hydrogens is 258 g/mol. The topological polar surface area (TPSA) is 68.0 Å². The van der Waals surface area contributed by atoms with E-state index in [2.05, 4.69) is 10.3 Å². The van der Waals surface area contributed by atoms with Crippen molar-refractivity contribution < 1.29 is 4.79 Å². The molecule has 0 aliphatic rings. The normalized spacial score (nSPS) is 10.2. The van der Waals surface area contributed by atoms with Crippen LogP contribution in [-0.4, -0.2) is 17.8 Å². The van der Waals surface area contributed by atoms with E-state index in [1.54, 1.807) is 31.3 Å². The Bertz CT molecular complexity index is 568. The number of aromatic nitrogens is 1. The van der Waals surface area contributed by atoms with Crippen LogP contribution in [0.2, 0.25) is 5.02 Å². The number of carbonyl (C=O) groups excluding carboxylic acids is 1. The van der Waals surface area contributed by atoms with E-state index in [1.807, 2.05) is 0 Å². The van der Waals surface area contributed by atoms with Crippen molar-refractivity contribution in [3.05, 3.63) is 39.7 Å². The number of nitrogens with zero attached hydrogens (tertiary/aromatic N) is 1. The van der Waals surface area contributed by atoms with Crippen LogP contribution in [0.25, 0.3) is 0 Å². The minimum atomic E-state index is -0.163. The van der Waals surface area contributed by atoms with Gasteiger partial charge in [0.2, 0.25) is 5.78 Å². The summed E-state index contributed by atoms with van der Waals surface area (Å²) in [4.78, 5) is 16.6. The summed E-state index contributed by atoms with van der Waals surface area (Å²) in [5.41, 5.74) is 6.21. The van der Waals surface area contributed by atoms with Crippen LogP contribution in [0.15, 0.2) is 24.3 Å². The molecule has 17 heavy (non-hydrogen) atoms. The quantitative estimate of drug-likeness (QED) is 0.839. The van der Waals surface area contributed by atoms with Gasteiger partial charge in [0, 0.05) is 17.6 Å². The average Bonchev–Trinajstić information content (AvgIpc) is 2.69. The lowest BCUT2D eigenvalue weighted by atomic mass is 10.1. The molecule has 0 spiro atoms. The van der Waals surface area contributed by atoms with E-state index < -0.39 is 0 Å². The summed E-state index contributed by atoms with van der Waals surface area (Å²) in [6, 6.07) is 6.76. The molecule has 0 unspecified atom stereocenters. The number of nitrogen functional groups attached to an aromatic ring is 1. The van der Waals surface area contributed by atoms with Crippen molar-refractivity contribution in [3.8, 4) is 0 Å². The van der Waals surface area contributed by atoms with E-state index in [1.165, 1.54) is 11.3 Å². The average molecular weight is 268 g/mol. The van der Waals surface area contributed by atoms with Gasteiger partial charge in [0.1, 0.15) is 10.7 Å². The highest BCUT2D eigenvalue weighted by Gasteiger charge is 2.17. The van der Waals surface area contributed by atoms with Crippen LogP contribution in [0.1, 0.15) is 15.2 Å². The number of hydrogen-bond acceptors (Lipinski definition) is 5. The highest BCUT2D eigenvalue weighted by Crippen LogP contribution is 2.27. The lowest BCUT2D eigenvalue weighted by Crippen LogP contribution is -2.02. The maximum atomic E-state index is 12.2. The summed E-state index contributed by atoms with van der Waals surface area (Å²) in [7, 11) is 1.73. The Morgan fingerprint density at radius 2 is 2.29 bits per heavy atom. The van der Waals surface area contributed by atoms with E-state index in [-0.39, 0.29) is 11.6 Å². The van der Waals surface area contributed by atoms with Crippen LogP contribution in [0.4, 0.5) is 10.9 Å². The monoisotopic (exact) mass is 267 g/mol. The second-order valence-electron chi connectivity index (χ2n) is 3.32. The number of hydrogen-bond donors (Lipinski definition) is 2. The second-order valence-corrected chi connectivity index (χ2v) is 4.76. The molecule has 0 fully saturated rings. The number of nitrogens with one attached hydrogen (secondary N) is 1. The third kappa shape index (κ3) is 2.40. The van der Waals surface area contributed by atoms with Crippen LogP contribution in [0.5, 0.6) is 0 Å². The van der Waals surface area contributed by atoms with Crippen molar-refractivity contribution in [2.75, 3.05) is 18.1 Å². The van der Waals surface area contributed by atoms with E-state index in [9.17, 15) is 4.79 Å². The number of anilines is 2. The van der Waals surface area contributed by atoms with Crippen LogP contribution >= 0.6 is 22.9 Å². The number of nitrogens with two attached hydrogens (primary N) is 1. The highest BCUT2D eigenvalue weighted by molar-refractivity contribution is 7.18. The molecule has 6 heteroatoms. The standard InChI is InChI=1S/C11H10ClN3OS/c1-14-11-15-10(13)9(17-11)8(16)6-3-2-4-7(12)5-6/h2-5H,13H2,1H3,(H,14,15). The predicted molar refractivity (Wildman–Crippen MR) is 71.0 cm³/mol. The first-order chi connectivity index (χ1) is 8.11. The van der Waals surface area contributed by atoms with E-state index in [0.29, 0.717) is 20.6 Å². The molecule has 4 nitrogen and oxygen atoms in total. The van der Waals surface area contributed by atoms with E-state index >= 15 is 0 Å². The predicted octanol–water partition coefficient (Wildman–Crippen LogP) is 2.65. The largest absolute Gasteiger partial charge is 0.382 e. The number of carbonyl (C=O) groups is 1. The molecule has 0 amide bonds. The molecule has 88 valence electrons. The van der Waals surface area contributed by atoms with Gasteiger partial charge in [0.15, 0.2) is 5.13 Å². The molecule has 0 saturated carbocycles. The summed E-state index contributed by atoms with van der Waals surface area (Å²) in [5.74, 6) is 0.0772. The molecule has 0 aliphatic carbocycles. The zero-order chi connectivity index (χ0) is 12.4. The molecule has 1 heterocycles. The lowest BCUT2D eigenvalue weighted by molar-refractivity contribution is 0.104. The number of benzene rings is 1. The van der Waals surface area contributed by atoms with Crippen molar-refractivity contribution in [1.82, 2.24) is 4.98 Å². The molecule has 1 aromatic carbocycles. The smallest absolute Gasteiger partial charge is 0.206 e. The minimum Gasteiger partial charge on any atom is -0.382 e. The Morgan fingerprint density at radius 1 is 1.53 bits per heavy atom. The third-order valence-corrected chi connectivity index (χ3v) is 3.48.